The number of nitrogens with zero attached hydrogens (tertiary/aromatic N) is 4. The minimum atomic E-state index is -0.657. The second kappa shape index (κ2) is 5.54. The van der Waals surface area contributed by atoms with Crippen molar-refractivity contribution >= 4 is 23.5 Å². The van der Waals surface area contributed by atoms with E-state index in [-0.39, 0.29) is 11.6 Å². The van der Waals surface area contributed by atoms with Gasteiger partial charge in [0, 0.05) is 0 Å². The number of hydrazone groups is 1. The largest absolute Gasteiger partial charge is 0.378 e. The number of anilines is 2. The van der Waals surface area contributed by atoms with Gasteiger partial charge in [-0.2, -0.15) is 5.10 Å². The molecule has 0 atom stereocenters. The molecule has 96 valence electrons. The van der Waals surface area contributed by atoms with Crippen LogP contribution in [0, 0.1) is 10.1 Å². The lowest BCUT2D eigenvalue weighted by Gasteiger charge is -2.01. The molecule has 0 saturated heterocycles. The molecule has 1 aromatic carbocycles. The van der Waals surface area contributed by atoms with Crippen LogP contribution in [0.15, 0.2) is 41.8 Å². The highest BCUT2D eigenvalue weighted by atomic mass is 16.6. The molecule has 1 aromatic heterocycles. The smallest absolute Gasteiger partial charge is 0.354 e. The molecule has 19 heavy (non-hydrogen) atoms. The van der Waals surface area contributed by atoms with E-state index in [4.69, 9.17) is 5.73 Å². The summed E-state index contributed by atoms with van der Waals surface area (Å²) in [6.45, 7) is 0. The maximum absolute atomic E-state index is 10.8. The number of rotatable bonds is 4. The zero-order chi connectivity index (χ0) is 13.7. The summed E-state index contributed by atoms with van der Waals surface area (Å²) in [5, 5.41) is 14.7. The maximum Gasteiger partial charge on any atom is 0.354 e. The fourth-order valence-corrected chi connectivity index (χ4v) is 1.36. The summed E-state index contributed by atoms with van der Waals surface area (Å²) in [5.41, 5.74) is 8.35. The van der Waals surface area contributed by atoms with Crippen molar-refractivity contribution in [2.45, 2.75) is 0 Å². The van der Waals surface area contributed by atoms with Crippen molar-refractivity contribution in [3.63, 3.8) is 0 Å². The number of aromatic nitrogens is 2. The van der Waals surface area contributed by atoms with E-state index in [1.807, 2.05) is 30.3 Å². The van der Waals surface area contributed by atoms with E-state index in [0.29, 0.717) is 0 Å². The van der Waals surface area contributed by atoms with Gasteiger partial charge in [0.2, 0.25) is 11.6 Å². The van der Waals surface area contributed by atoms with Gasteiger partial charge in [-0.25, -0.2) is 9.97 Å². The molecule has 8 nitrogen and oxygen atoms in total. The minimum Gasteiger partial charge on any atom is -0.378 e. The third-order valence-electron chi connectivity index (χ3n) is 2.22. The Morgan fingerprint density at radius 3 is 2.74 bits per heavy atom. The van der Waals surface area contributed by atoms with Crippen LogP contribution in [-0.4, -0.2) is 21.1 Å². The molecule has 0 fully saturated rings. The Kier molecular flexibility index (Phi) is 3.62. The van der Waals surface area contributed by atoms with Crippen LogP contribution in [0.3, 0.4) is 0 Å². The number of nitro groups is 1. The predicted molar refractivity (Wildman–Crippen MR) is 70.8 cm³/mol. The summed E-state index contributed by atoms with van der Waals surface area (Å²) >= 11 is 0. The fourth-order valence-electron chi connectivity index (χ4n) is 1.36. The molecular formula is C11H10N6O2. The Bertz CT molecular complexity index is 614. The summed E-state index contributed by atoms with van der Waals surface area (Å²) in [6.07, 6.45) is 2.64. The topological polar surface area (TPSA) is 119 Å². The molecule has 0 radical (unpaired) electrons. The van der Waals surface area contributed by atoms with Crippen LogP contribution in [0.5, 0.6) is 0 Å². The first kappa shape index (κ1) is 12.4. The average molecular weight is 258 g/mol. The molecule has 8 heteroatoms. The molecule has 0 aliphatic heterocycles. The predicted octanol–water partition coefficient (Wildman–Crippen LogP) is 1.41. The molecule has 1 heterocycles. The standard InChI is InChI=1S/C11H10N6O2/c12-10-9(17(18)19)11(14-7-13-10)16-15-6-8-4-2-1-3-5-8/h1-7H,(H3,12,13,14,16). The lowest BCUT2D eigenvalue weighted by Crippen LogP contribution is -2.04. The van der Waals surface area contributed by atoms with E-state index in [2.05, 4.69) is 20.5 Å². The Morgan fingerprint density at radius 2 is 2.05 bits per heavy atom. The van der Waals surface area contributed by atoms with Crippen LogP contribution < -0.4 is 11.2 Å². The summed E-state index contributed by atoms with van der Waals surface area (Å²) in [6, 6.07) is 9.27. The van der Waals surface area contributed by atoms with Gasteiger partial charge in [-0.15, -0.1) is 0 Å². The van der Waals surface area contributed by atoms with Crippen LogP contribution in [0.25, 0.3) is 0 Å². The number of nitrogen functional groups attached to an aromatic ring is 1. The van der Waals surface area contributed by atoms with E-state index in [9.17, 15) is 10.1 Å². The second-order valence-corrected chi connectivity index (χ2v) is 3.49. The number of hydrogen-bond acceptors (Lipinski definition) is 7. The molecule has 0 bridgehead atoms. The molecule has 0 unspecified atom stereocenters. The highest BCUT2D eigenvalue weighted by Gasteiger charge is 2.20. The van der Waals surface area contributed by atoms with Crippen molar-refractivity contribution in [1.82, 2.24) is 9.97 Å². The quantitative estimate of drug-likeness (QED) is 0.486. The van der Waals surface area contributed by atoms with Gasteiger partial charge >= 0.3 is 5.69 Å². The number of nitrogens with two attached hydrogens (primary N) is 1. The summed E-state index contributed by atoms with van der Waals surface area (Å²) < 4.78 is 0. The van der Waals surface area contributed by atoms with Crippen LogP contribution in [-0.2, 0) is 0 Å². The average Bonchev–Trinajstić information content (AvgIpc) is 2.39. The molecule has 0 aliphatic carbocycles. The summed E-state index contributed by atoms with van der Waals surface area (Å²) in [4.78, 5) is 17.5. The molecule has 0 saturated carbocycles. The van der Waals surface area contributed by atoms with Gasteiger partial charge in [-0.1, -0.05) is 30.3 Å². The Balaban J connectivity index is 2.18. The van der Waals surface area contributed by atoms with E-state index in [0.717, 1.165) is 11.9 Å². The first-order chi connectivity index (χ1) is 9.18. The van der Waals surface area contributed by atoms with Crippen LogP contribution in [0.1, 0.15) is 5.56 Å². The van der Waals surface area contributed by atoms with Gasteiger partial charge in [0.15, 0.2) is 0 Å². The minimum absolute atomic E-state index is 0.0512. The second-order valence-electron chi connectivity index (χ2n) is 3.49. The SMILES string of the molecule is Nc1ncnc(NN=Cc2ccccc2)c1[N+](=O)[O-]. The normalized spacial score (nSPS) is 10.5. The van der Waals surface area contributed by atoms with Crippen molar-refractivity contribution < 1.29 is 4.92 Å². The monoisotopic (exact) mass is 258 g/mol. The lowest BCUT2D eigenvalue weighted by molar-refractivity contribution is -0.383. The van der Waals surface area contributed by atoms with Crippen molar-refractivity contribution in [1.29, 1.82) is 0 Å². The van der Waals surface area contributed by atoms with Crippen LogP contribution in [0.4, 0.5) is 17.3 Å². The van der Waals surface area contributed by atoms with Crippen molar-refractivity contribution in [2.75, 3.05) is 11.2 Å². The van der Waals surface area contributed by atoms with E-state index in [1.54, 1.807) is 0 Å². The lowest BCUT2D eigenvalue weighted by atomic mass is 10.2. The third kappa shape index (κ3) is 3.00. The van der Waals surface area contributed by atoms with E-state index in [1.165, 1.54) is 6.21 Å². The highest BCUT2D eigenvalue weighted by Crippen LogP contribution is 2.25. The molecular weight excluding hydrogens is 248 g/mol. The van der Waals surface area contributed by atoms with Crippen LogP contribution >= 0.6 is 0 Å². The van der Waals surface area contributed by atoms with Crippen molar-refractivity contribution in [3.8, 4) is 0 Å². The Labute approximate surface area is 108 Å². The first-order valence-corrected chi connectivity index (χ1v) is 5.27. The van der Waals surface area contributed by atoms with Crippen molar-refractivity contribution in [3.05, 3.63) is 52.3 Å². The van der Waals surface area contributed by atoms with Gasteiger partial charge in [-0.05, 0) is 5.56 Å². The molecule has 0 amide bonds. The van der Waals surface area contributed by atoms with Crippen molar-refractivity contribution in [2.24, 2.45) is 5.10 Å². The van der Waals surface area contributed by atoms with Gasteiger partial charge < -0.3 is 5.73 Å². The molecule has 0 aliphatic rings. The zero-order valence-electron chi connectivity index (χ0n) is 9.72. The van der Waals surface area contributed by atoms with Gasteiger partial charge in [0.05, 0.1) is 11.1 Å². The highest BCUT2D eigenvalue weighted by molar-refractivity contribution is 5.80. The Hall–Kier alpha value is -3.03. The maximum atomic E-state index is 10.8. The van der Waals surface area contributed by atoms with Gasteiger partial charge in [-0.3, -0.25) is 15.5 Å². The molecule has 2 rings (SSSR count). The number of nitrogens with one attached hydrogen (secondary N) is 1. The Morgan fingerprint density at radius 1 is 1.32 bits per heavy atom. The van der Waals surface area contributed by atoms with Gasteiger partial charge in [0.1, 0.15) is 6.33 Å². The zero-order valence-corrected chi connectivity index (χ0v) is 9.72. The van der Waals surface area contributed by atoms with E-state index >= 15 is 0 Å². The molecule has 2 aromatic rings. The molecule has 0 spiro atoms. The van der Waals surface area contributed by atoms with Gasteiger partial charge in [0.25, 0.3) is 0 Å². The first-order valence-electron chi connectivity index (χ1n) is 5.27. The number of benzene rings is 1. The third-order valence-corrected chi connectivity index (χ3v) is 2.22. The molecule has 3 N–H and O–H groups in total. The number of hydrogen-bond donors (Lipinski definition) is 2. The summed E-state index contributed by atoms with van der Waals surface area (Å²) in [7, 11) is 0. The van der Waals surface area contributed by atoms with E-state index < -0.39 is 10.6 Å². The fraction of sp³-hybridized carbons (Fsp3) is 0. The summed E-state index contributed by atoms with van der Waals surface area (Å²) in [5.74, 6) is -0.262. The van der Waals surface area contributed by atoms with Crippen LogP contribution in [0.2, 0.25) is 0 Å².